The predicted octanol–water partition coefficient (Wildman–Crippen LogP) is 1.43. The zero-order valence-electron chi connectivity index (χ0n) is 24.2. The van der Waals surface area contributed by atoms with E-state index in [4.69, 9.17) is 14.2 Å². The Kier molecular flexibility index (Phi) is 9.03. The zero-order chi connectivity index (χ0) is 30.1. The number of fused-ring (bicyclic) bond motifs is 1. The van der Waals surface area contributed by atoms with Gasteiger partial charge >= 0.3 is 0 Å². The SMILES string of the molecule is CC(C)S(=O)(=O)c1cccc(OCC(O)CN[C@H]2COC3(CCN(S(=O)(=O)c4cnc5c(c4)N(C)CCO5)CC3)C2)c1. The third kappa shape index (κ3) is 6.53. The molecule has 3 aliphatic rings. The van der Waals surface area contributed by atoms with E-state index < -0.39 is 36.8 Å². The molecule has 42 heavy (non-hydrogen) atoms. The number of hydrogen-bond donors (Lipinski definition) is 2. The molecule has 1 unspecified atom stereocenters. The van der Waals surface area contributed by atoms with Crippen LogP contribution in [0.1, 0.15) is 33.1 Å². The fourth-order valence-corrected chi connectivity index (χ4v) is 8.02. The number of hydrogen-bond acceptors (Lipinski definition) is 11. The van der Waals surface area contributed by atoms with Gasteiger partial charge in [-0.3, -0.25) is 0 Å². The number of benzene rings is 1. The third-order valence-electron chi connectivity index (χ3n) is 8.20. The molecule has 1 aromatic carbocycles. The second-order valence-electron chi connectivity index (χ2n) is 11.5. The van der Waals surface area contributed by atoms with E-state index in [0.717, 1.165) is 0 Å². The molecule has 232 valence electrons. The fourth-order valence-electron chi connectivity index (χ4n) is 5.52. The molecule has 0 bridgehead atoms. The lowest BCUT2D eigenvalue weighted by Gasteiger charge is -2.38. The summed E-state index contributed by atoms with van der Waals surface area (Å²) in [6.45, 7) is 5.88. The normalized spacial score (nSPS) is 21.7. The summed E-state index contributed by atoms with van der Waals surface area (Å²) in [5, 5.41) is 13.3. The van der Waals surface area contributed by atoms with E-state index in [1.807, 2.05) is 11.9 Å². The van der Waals surface area contributed by atoms with Crippen LogP contribution in [0.4, 0.5) is 5.69 Å². The predicted molar refractivity (Wildman–Crippen MR) is 156 cm³/mol. The van der Waals surface area contributed by atoms with Crippen LogP contribution >= 0.6 is 0 Å². The van der Waals surface area contributed by atoms with Gasteiger partial charge in [0.15, 0.2) is 9.84 Å². The van der Waals surface area contributed by atoms with Gasteiger partial charge in [-0.15, -0.1) is 0 Å². The quantitative estimate of drug-likeness (QED) is 0.396. The van der Waals surface area contributed by atoms with E-state index in [1.54, 1.807) is 32.0 Å². The first-order valence-corrected chi connectivity index (χ1v) is 17.2. The smallest absolute Gasteiger partial charge is 0.244 e. The standard InChI is InChI=1S/C28H40N4O8S2/c1-20(2)41(34,35)24-6-4-5-23(13-24)39-19-22(33)16-29-21-15-28(40-18-21)7-9-32(10-8-28)42(36,37)25-14-26-27(30-17-25)38-12-11-31(26)3/h4-6,13-14,17,20-22,29,33H,7-12,15-16,18-19H2,1-3H3/t21-,22?/m1/s1. The van der Waals surface area contributed by atoms with Gasteiger partial charge in [0.25, 0.3) is 0 Å². The van der Waals surface area contributed by atoms with Gasteiger partial charge in [0.05, 0.1) is 35.1 Å². The molecule has 0 amide bonds. The number of rotatable bonds is 10. The highest BCUT2D eigenvalue weighted by molar-refractivity contribution is 7.92. The average Bonchev–Trinajstić information content (AvgIpc) is 3.37. The molecular formula is C28H40N4O8S2. The Hall–Kier alpha value is -2.49. The molecule has 12 nitrogen and oxygen atoms in total. The molecular weight excluding hydrogens is 584 g/mol. The number of nitrogens with zero attached hydrogens (tertiary/aromatic N) is 3. The first kappa shape index (κ1) is 31.0. The molecule has 2 N–H and O–H groups in total. The maximum absolute atomic E-state index is 13.4. The van der Waals surface area contributed by atoms with Gasteiger partial charge in [-0.1, -0.05) is 6.07 Å². The molecule has 2 aromatic rings. The van der Waals surface area contributed by atoms with Gasteiger partial charge in [-0.25, -0.2) is 21.8 Å². The van der Waals surface area contributed by atoms with Crippen molar-refractivity contribution in [3.05, 3.63) is 36.5 Å². The number of likely N-dealkylation sites (N-methyl/N-ethyl adjacent to an activating group) is 1. The van der Waals surface area contributed by atoms with Crippen LogP contribution in [0, 0.1) is 0 Å². The van der Waals surface area contributed by atoms with Gasteiger partial charge in [-0.05, 0) is 57.4 Å². The highest BCUT2D eigenvalue weighted by Crippen LogP contribution is 2.38. The van der Waals surface area contributed by atoms with Crippen molar-refractivity contribution in [2.24, 2.45) is 0 Å². The summed E-state index contributed by atoms with van der Waals surface area (Å²) >= 11 is 0. The molecule has 0 radical (unpaired) electrons. The lowest BCUT2D eigenvalue weighted by molar-refractivity contribution is -0.0312. The Morgan fingerprint density at radius 1 is 1.14 bits per heavy atom. The summed E-state index contributed by atoms with van der Waals surface area (Å²) in [6, 6.07) is 7.95. The number of nitrogens with one attached hydrogen (secondary N) is 1. The van der Waals surface area contributed by atoms with Gasteiger partial charge in [-0.2, -0.15) is 4.31 Å². The first-order chi connectivity index (χ1) is 19.9. The first-order valence-electron chi connectivity index (χ1n) is 14.3. The summed E-state index contributed by atoms with van der Waals surface area (Å²) in [4.78, 5) is 6.53. The van der Waals surface area contributed by atoms with E-state index in [-0.39, 0.29) is 29.0 Å². The molecule has 0 saturated carbocycles. The third-order valence-corrected chi connectivity index (χ3v) is 12.2. The summed E-state index contributed by atoms with van der Waals surface area (Å²) in [7, 11) is -5.24. The highest BCUT2D eigenvalue weighted by atomic mass is 32.2. The second-order valence-corrected chi connectivity index (χ2v) is 15.9. The molecule has 1 spiro atoms. The van der Waals surface area contributed by atoms with Gasteiger partial charge in [0.2, 0.25) is 15.9 Å². The fraction of sp³-hybridized carbons (Fsp3) is 0.607. The molecule has 1 aromatic heterocycles. The monoisotopic (exact) mass is 624 g/mol. The molecule has 14 heteroatoms. The van der Waals surface area contributed by atoms with Crippen molar-refractivity contribution < 1.29 is 36.2 Å². The summed E-state index contributed by atoms with van der Waals surface area (Å²) < 4.78 is 70.5. The van der Waals surface area contributed by atoms with E-state index in [1.165, 1.54) is 22.6 Å². The maximum Gasteiger partial charge on any atom is 0.244 e. The van der Waals surface area contributed by atoms with Crippen LogP contribution in [0.3, 0.4) is 0 Å². The van der Waals surface area contributed by atoms with Crippen molar-refractivity contribution in [1.29, 1.82) is 0 Å². The molecule has 2 saturated heterocycles. The summed E-state index contributed by atoms with van der Waals surface area (Å²) in [6.07, 6.45) is 2.42. The minimum Gasteiger partial charge on any atom is -0.491 e. The molecule has 3 aliphatic heterocycles. The van der Waals surface area contributed by atoms with E-state index in [9.17, 15) is 21.9 Å². The van der Waals surface area contributed by atoms with Gasteiger partial charge < -0.3 is 29.5 Å². The number of sulfone groups is 1. The Labute approximate surface area is 247 Å². The van der Waals surface area contributed by atoms with Crippen LogP contribution in [-0.2, 0) is 24.6 Å². The van der Waals surface area contributed by atoms with Crippen LogP contribution in [0.15, 0.2) is 46.3 Å². The minimum atomic E-state index is -3.71. The summed E-state index contributed by atoms with van der Waals surface area (Å²) in [5.41, 5.74) is 0.263. The van der Waals surface area contributed by atoms with Gasteiger partial charge in [0, 0.05) is 32.7 Å². The van der Waals surface area contributed by atoms with Crippen molar-refractivity contribution in [2.45, 2.75) is 65.9 Å². The Morgan fingerprint density at radius 3 is 2.64 bits per heavy atom. The van der Waals surface area contributed by atoms with Gasteiger partial charge in [0.1, 0.15) is 35.7 Å². The number of aliphatic hydroxyl groups is 1. The lowest BCUT2D eigenvalue weighted by atomic mass is 9.88. The molecule has 2 atom stereocenters. The van der Waals surface area contributed by atoms with Crippen LogP contribution in [0.2, 0.25) is 0 Å². The Morgan fingerprint density at radius 2 is 1.90 bits per heavy atom. The van der Waals surface area contributed by atoms with Crippen molar-refractivity contribution >= 4 is 25.5 Å². The Balaban J connectivity index is 1.09. The van der Waals surface area contributed by atoms with Crippen LogP contribution in [0.25, 0.3) is 0 Å². The largest absolute Gasteiger partial charge is 0.491 e. The minimum absolute atomic E-state index is 0.00316. The molecule has 0 aliphatic carbocycles. The van der Waals surface area contributed by atoms with Crippen molar-refractivity contribution in [3.8, 4) is 11.6 Å². The molecule has 2 fully saturated rings. The average molecular weight is 625 g/mol. The summed E-state index contributed by atoms with van der Waals surface area (Å²) in [5.74, 6) is 0.827. The van der Waals surface area contributed by atoms with Crippen LogP contribution in [-0.4, -0.2) is 107 Å². The lowest BCUT2D eigenvalue weighted by Crippen LogP contribution is -2.47. The highest BCUT2D eigenvalue weighted by Gasteiger charge is 2.45. The molecule has 4 heterocycles. The molecule has 5 rings (SSSR count). The van der Waals surface area contributed by atoms with E-state index in [2.05, 4.69) is 10.3 Å². The number of pyridine rings is 1. The Bertz CT molecular complexity index is 1480. The zero-order valence-corrected chi connectivity index (χ0v) is 25.9. The van der Waals surface area contributed by atoms with Crippen molar-refractivity contribution in [1.82, 2.24) is 14.6 Å². The second kappa shape index (κ2) is 12.2. The van der Waals surface area contributed by atoms with Crippen molar-refractivity contribution in [3.63, 3.8) is 0 Å². The number of aliphatic hydroxyl groups excluding tert-OH is 1. The van der Waals surface area contributed by atoms with E-state index >= 15 is 0 Å². The number of aromatic nitrogens is 1. The number of piperidine rings is 1. The maximum atomic E-state index is 13.4. The van der Waals surface area contributed by atoms with Crippen molar-refractivity contribution in [2.75, 3.05) is 57.9 Å². The topological polar surface area (TPSA) is 148 Å². The number of ether oxygens (including phenoxy) is 3. The number of anilines is 1. The number of sulfonamides is 1. The van der Waals surface area contributed by atoms with Crippen LogP contribution < -0.4 is 19.7 Å². The van der Waals surface area contributed by atoms with E-state index in [0.29, 0.717) is 69.4 Å². The van der Waals surface area contributed by atoms with Crippen LogP contribution in [0.5, 0.6) is 11.6 Å².